The highest BCUT2D eigenvalue weighted by Gasteiger charge is 2.28. The summed E-state index contributed by atoms with van der Waals surface area (Å²) in [6.45, 7) is 2.93. The predicted molar refractivity (Wildman–Crippen MR) is 118 cm³/mol. The largest absolute Gasteiger partial charge is 0.337 e. The molecule has 1 aliphatic heterocycles. The Balaban J connectivity index is 1.60. The van der Waals surface area contributed by atoms with E-state index in [-0.39, 0.29) is 18.2 Å². The van der Waals surface area contributed by atoms with Gasteiger partial charge in [0.2, 0.25) is 11.8 Å². The number of nitrogens with one attached hydrogen (secondary N) is 1. The molecule has 0 saturated heterocycles. The van der Waals surface area contributed by atoms with Gasteiger partial charge >= 0.3 is 0 Å². The van der Waals surface area contributed by atoms with Crippen LogP contribution in [0.3, 0.4) is 0 Å². The molecule has 0 bridgehead atoms. The number of aromatic nitrogens is 2. The maximum absolute atomic E-state index is 13.0. The van der Waals surface area contributed by atoms with Crippen LogP contribution >= 0.6 is 0 Å². The summed E-state index contributed by atoms with van der Waals surface area (Å²) in [7, 11) is 0. The van der Waals surface area contributed by atoms with Gasteiger partial charge in [0.15, 0.2) is 0 Å². The van der Waals surface area contributed by atoms with Gasteiger partial charge in [-0.1, -0.05) is 42.5 Å². The number of nitrogens with zero attached hydrogens (tertiary/aromatic N) is 3. The topological polar surface area (TPSA) is 67.2 Å². The summed E-state index contributed by atoms with van der Waals surface area (Å²) in [5.74, 6) is -0.564. The molecule has 6 heteroatoms. The molecule has 6 nitrogen and oxygen atoms in total. The van der Waals surface area contributed by atoms with Crippen LogP contribution in [0.25, 0.3) is 22.0 Å². The zero-order valence-electron chi connectivity index (χ0n) is 16.5. The van der Waals surface area contributed by atoms with Crippen LogP contribution in [0.2, 0.25) is 0 Å². The lowest BCUT2D eigenvalue weighted by molar-refractivity contribution is -0.124. The molecule has 0 saturated carbocycles. The zero-order valence-corrected chi connectivity index (χ0v) is 16.5. The normalized spacial score (nSPS) is 13.8. The van der Waals surface area contributed by atoms with Crippen molar-refractivity contribution in [3.63, 3.8) is 0 Å². The van der Waals surface area contributed by atoms with Gasteiger partial charge in [-0.2, -0.15) is 0 Å². The van der Waals surface area contributed by atoms with Crippen LogP contribution in [0, 0.1) is 0 Å². The first kappa shape index (κ1) is 18.1. The second-order valence-corrected chi connectivity index (χ2v) is 7.27. The number of rotatable bonds is 3. The maximum Gasteiger partial charge on any atom is 0.241 e. The number of fused-ring (bicyclic) bond motifs is 3. The van der Waals surface area contributed by atoms with Crippen LogP contribution in [-0.4, -0.2) is 21.4 Å². The summed E-state index contributed by atoms with van der Waals surface area (Å²) >= 11 is 0. The Bertz CT molecular complexity index is 1270. The molecule has 1 aromatic heterocycles. The summed E-state index contributed by atoms with van der Waals surface area (Å²) in [6.07, 6.45) is 3.60. The fourth-order valence-electron chi connectivity index (χ4n) is 3.86. The third-order valence-electron chi connectivity index (χ3n) is 5.39. The highest BCUT2D eigenvalue weighted by atomic mass is 16.2. The monoisotopic (exact) mass is 396 g/mol. The van der Waals surface area contributed by atoms with Crippen LogP contribution in [-0.2, 0) is 16.1 Å². The maximum atomic E-state index is 13.0. The van der Waals surface area contributed by atoms with E-state index in [1.165, 1.54) is 0 Å². The SMILES string of the molecule is CCn1cnc(-c2ccc(N3C(=O)CC(=O)Nc4c3ccc3ccccc43)cc2)c1. The van der Waals surface area contributed by atoms with Crippen LogP contribution in [0.1, 0.15) is 13.3 Å². The van der Waals surface area contributed by atoms with E-state index < -0.39 is 0 Å². The van der Waals surface area contributed by atoms with E-state index in [2.05, 4.69) is 17.2 Å². The molecule has 148 valence electrons. The number of amides is 2. The number of anilines is 3. The van der Waals surface area contributed by atoms with Crippen molar-refractivity contribution >= 4 is 39.6 Å². The molecule has 2 heterocycles. The molecule has 1 N–H and O–H groups in total. The Labute approximate surface area is 173 Å². The van der Waals surface area contributed by atoms with Crippen LogP contribution in [0.5, 0.6) is 0 Å². The number of hydrogen-bond donors (Lipinski definition) is 1. The Morgan fingerprint density at radius 1 is 1.00 bits per heavy atom. The van der Waals surface area contributed by atoms with E-state index in [1.54, 1.807) is 11.2 Å². The fourth-order valence-corrected chi connectivity index (χ4v) is 3.86. The van der Waals surface area contributed by atoms with Crippen LogP contribution < -0.4 is 10.2 Å². The molecule has 5 rings (SSSR count). The molecule has 0 spiro atoms. The first-order valence-electron chi connectivity index (χ1n) is 9.91. The van der Waals surface area contributed by atoms with Crippen molar-refractivity contribution in [1.29, 1.82) is 0 Å². The summed E-state index contributed by atoms with van der Waals surface area (Å²) in [5, 5.41) is 4.84. The molecule has 2 amide bonds. The Morgan fingerprint density at radius 2 is 1.80 bits per heavy atom. The lowest BCUT2D eigenvalue weighted by Crippen LogP contribution is -2.26. The molecular weight excluding hydrogens is 376 g/mol. The van der Waals surface area contributed by atoms with Crippen LogP contribution in [0.4, 0.5) is 17.1 Å². The van der Waals surface area contributed by atoms with Gasteiger partial charge < -0.3 is 9.88 Å². The third-order valence-corrected chi connectivity index (χ3v) is 5.39. The Morgan fingerprint density at radius 3 is 2.57 bits per heavy atom. The van der Waals surface area contributed by atoms with Crippen molar-refractivity contribution in [2.75, 3.05) is 10.2 Å². The minimum Gasteiger partial charge on any atom is -0.337 e. The molecule has 0 aliphatic carbocycles. The molecule has 4 aromatic rings. The van der Waals surface area contributed by atoms with E-state index in [0.717, 1.165) is 28.6 Å². The number of carbonyl (C=O) groups excluding carboxylic acids is 2. The van der Waals surface area contributed by atoms with Gasteiger partial charge in [-0.15, -0.1) is 0 Å². The lowest BCUT2D eigenvalue weighted by Gasteiger charge is -2.23. The molecule has 30 heavy (non-hydrogen) atoms. The summed E-state index contributed by atoms with van der Waals surface area (Å²) in [6, 6.07) is 19.4. The Kier molecular flexibility index (Phi) is 4.32. The summed E-state index contributed by atoms with van der Waals surface area (Å²) < 4.78 is 2.01. The standard InChI is InChI=1S/C24H20N4O2/c1-2-27-14-20(25-15-27)17-7-10-18(11-8-17)28-21-12-9-16-5-3-4-6-19(16)24(21)26-22(29)13-23(28)30/h3-12,14-15H,2,13H2,1H3,(H,26,29). The van der Waals surface area contributed by atoms with E-state index in [1.807, 2.05) is 71.4 Å². The zero-order chi connectivity index (χ0) is 20.7. The van der Waals surface area contributed by atoms with Gasteiger partial charge in [0.1, 0.15) is 6.42 Å². The average molecular weight is 396 g/mol. The molecule has 0 radical (unpaired) electrons. The number of hydrogen-bond acceptors (Lipinski definition) is 3. The minimum absolute atomic E-state index is 0.203. The highest BCUT2D eigenvalue weighted by Crippen LogP contribution is 2.40. The second kappa shape index (κ2) is 7.15. The quantitative estimate of drug-likeness (QED) is 0.509. The molecule has 1 aliphatic rings. The van der Waals surface area contributed by atoms with Gasteiger partial charge in [-0.05, 0) is 30.5 Å². The number of aryl methyl sites for hydroxylation is 1. The second-order valence-electron chi connectivity index (χ2n) is 7.27. The van der Waals surface area contributed by atoms with Crippen molar-refractivity contribution in [1.82, 2.24) is 9.55 Å². The third kappa shape index (κ3) is 3.03. The molecule has 0 atom stereocenters. The number of carbonyl (C=O) groups is 2. The number of benzene rings is 3. The van der Waals surface area contributed by atoms with Crippen molar-refractivity contribution in [2.24, 2.45) is 0 Å². The van der Waals surface area contributed by atoms with E-state index in [4.69, 9.17) is 0 Å². The first-order chi connectivity index (χ1) is 14.6. The summed E-state index contributed by atoms with van der Waals surface area (Å²) in [4.78, 5) is 31.4. The van der Waals surface area contributed by atoms with Gasteiger partial charge in [0, 0.05) is 29.4 Å². The van der Waals surface area contributed by atoms with Crippen LogP contribution in [0.15, 0.2) is 73.2 Å². The van der Waals surface area contributed by atoms with E-state index in [9.17, 15) is 9.59 Å². The molecule has 0 unspecified atom stereocenters. The van der Waals surface area contributed by atoms with Crippen molar-refractivity contribution in [3.05, 3.63) is 73.2 Å². The lowest BCUT2D eigenvalue weighted by atomic mass is 10.1. The number of imidazole rings is 1. The van der Waals surface area contributed by atoms with Crippen molar-refractivity contribution in [3.8, 4) is 11.3 Å². The predicted octanol–water partition coefficient (Wildman–Crippen LogP) is 4.73. The van der Waals surface area contributed by atoms with Crippen molar-refractivity contribution < 1.29 is 9.59 Å². The summed E-state index contributed by atoms with van der Waals surface area (Å²) in [5.41, 5.74) is 3.91. The van der Waals surface area contributed by atoms with Gasteiger partial charge in [0.05, 0.1) is 23.4 Å². The molecular formula is C24H20N4O2. The van der Waals surface area contributed by atoms with E-state index >= 15 is 0 Å². The Hall–Kier alpha value is -3.93. The highest BCUT2D eigenvalue weighted by molar-refractivity contribution is 6.21. The molecule has 3 aromatic carbocycles. The van der Waals surface area contributed by atoms with E-state index in [0.29, 0.717) is 17.1 Å². The molecule has 0 fully saturated rings. The fraction of sp³-hybridized carbons (Fsp3) is 0.125. The van der Waals surface area contributed by atoms with Gasteiger partial charge in [-0.25, -0.2) is 4.98 Å². The van der Waals surface area contributed by atoms with Crippen molar-refractivity contribution in [2.45, 2.75) is 19.9 Å². The van der Waals surface area contributed by atoms with Gasteiger partial charge in [0.25, 0.3) is 0 Å². The smallest absolute Gasteiger partial charge is 0.241 e. The first-order valence-corrected chi connectivity index (χ1v) is 9.91. The minimum atomic E-state index is -0.304. The van der Waals surface area contributed by atoms with Gasteiger partial charge in [-0.3, -0.25) is 14.5 Å². The average Bonchev–Trinajstić information content (AvgIpc) is 3.20.